The van der Waals surface area contributed by atoms with Gasteiger partial charge in [-0.15, -0.1) is 0 Å². The number of unbranched alkanes of at least 4 members (excludes halogenated alkanes) is 1. The minimum absolute atomic E-state index is 1.09. The molecule has 0 heterocycles. The molecule has 0 aromatic carbocycles. The highest BCUT2D eigenvalue weighted by Gasteiger charge is 2.01. The lowest BCUT2D eigenvalue weighted by Gasteiger charge is -2.21. The van der Waals surface area contributed by atoms with Gasteiger partial charge in [0.1, 0.15) is 0 Å². The van der Waals surface area contributed by atoms with E-state index in [2.05, 4.69) is 39.0 Å². The average Bonchev–Trinajstić information content (AvgIpc) is 2.29. The molecule has 0 saturated heterocycles. The van der Waals surface area contributed by atoms with Gasteiger partial charge in [-0.3, -0.25) is 0 Å². The monoisotopic (exact) mass is 209 g/mol. The van der Waals surface area contributed by atoms with E-state index < -0.39 is 0 Å². The van der Waals surface area contributed by atoms with E-state index in [1.165, 1.54) is 24.1 Å². The molecule has 15 heavy (non-hydrogen) atoms. The molecular weight excluding hydrogens is 182 g/mol. The number of rotatable bonds is 6. The molecule has 0 rings (SSSR count). The van der Waals surface area contributed by atoms with Gasteiger partial charge in [-0.1, -0.05) is 46.4 Å². The van der Waals surface area contributed by atoms with Crippen LogP contribution in [0.1, 0.15) is 40.5 Å². The van der Waals surface area contributed by atoms with Crippen molar-refractivity contribution >= 4 is 0 Å². The van der Waals surface area contributed by atoms with E-state index in [1.807, 2.05) is 26.0 Å². The Balaban J connectivity index is 0. The summed E-state index contributed by atoms with van der Waals surface area (Å²) >= 11 is 0. The average molecular weight is 209 g/mol. The number of allylic oxidation sites excluding steroid dienone is 3. The predicted octanol–water partition coefficient (Wildman–Crippen LogP) is 4.39. The summed E-state index contributed by atoms with van der Waals surface area (Å²) in [6, 6.07) is 0. The summed E-state index contributed by atoms with van der Waals surface area (Å²) in [5, 5.41) is 0. The molecule has 0 spiro atoms. The van der Waals surface area contributed by atoms with Crippen molar-refractivity contribution in [3.05, 3.63) is 36.6 Å². The number of nitrogens with zero attached hydrogens (tertiary/aromatic N) is 1. The van der Waals surface area contributed by atoms with Crippen molar-refractivity contribution in [2.45, 2.75) is 40.5 Å². The molecule has 0 atom stereocenters. The van der Waals surface area contributed by atoms with Gasteiger partial charge in [0.15, 0.2) is 0 Å². The second-order valence-electron chi connectivity index (χ2n) is 3.25. The normalized spacial score (nSPS) is 10.7. The van der Waals surface area contributed by atoms with Crippen molar-refractivity contribution in [1.82, 2.24) is 4.90 Å². The van der Waals surface area contributed by atoms with Gasteiger partial charge >= 0.3 is 0 Å². The predicted molar refractivity (Wildman–Crippen MR) is 72.0 cm³/mol. The fourth-order valence-electron chi connectivity index (χ4n) is 1.24. The Labute approximate surface area is 96.2 Å². The Bertz CT molecular complexity index is 201. The molecule has 0 amide bonds. The molecular formula is C14H27N. The first-order valence-electron chi connectivity index (χ1n) is 5.84. The van der Waals surface area contributed by atoms with E-state index in [-0.39, 0.29) is 0 Å². The van der Waals surface area contributed by atoms with Crippen LogP contribution in [-0.4, -0.2) is 18.5 Å². The molecule has 1 heteroatoms. The highest BCUT2D eigenvalue weighted by atomic mass is 15.1. The van der Waals surface area contributed by atoms with Crippen LogP contribution >= 0.6 is 0 Å². The molecule has 0 radical (unpaired) electrons. The van der Waals surface area contributed by atoms with Gasteiger partial charge in [0.25, 0.3) is 0 Å². The molecule has 0 aliphatic rings. The summed E-state index contributed by atoms with van der Waals surface area (Å²) in [5.41, 5.74) is 2.37. The summed E-state index contributed by atoms with van der Waals surface area (Å²) in [6.45, 7) is 16.9. The molecule has 0 N–H and O–H groups in total. The van der Waals surface area contributed by atoms with Gasteiger partial charge in [-0.25, -0.2) is 0 Å². The quantitative estimate of drug-likeness (QED) is 0.586. The third kappa shape index (κ3) is 7.01. The highest BCUT2D eigenvalue weighted by molar-refractivity contribution is 5.28. The molecule has 0 aliphatic heterocycles. The Morgan fingerprint density at radius 1 is 1.20 bits per heavy atom. The molecule has 0 saturated carbocycles. The summed E-state index contributed by atoms with van der Waals surface area (Å²) in [5.74, 6) is 0. The zero-order chi connectivity index (χ0) is 12.3. The maximum absolute atomic E-state index is 3.81. The van der Waals surface area contributed by atoms with Crippen LogP contribution in [-0.2, 0) is 0 Å². The number of hydrogen-bond acceptors (Lipinski definition) is 1. The van der Waals surface area contributed by atoms with Gasteiger partial charge in [-0.2, -0.15) is 0 Å². The number of likely N-dealkylation sites (N-methyl/N-ethyl adjacent to an activating group) is 1. The van der Waals surface area contributed by atoms with Crippen molar-refractivity contribution < 1.29 is 0 Å². The van der Waals surface area contributed by atoms with Crippen LogP contribution in [0.15, 0.2) is 36.6 Å². The lowest BCUT2D eigenvalue weighted by atomic mass is 10.2. The third-order valence-corrected chi connectivity index (χ3v) is 2.16. The maximum Gasteiger partial charge on any atom is 0.0387 e. The molecule has 0 aromatic heterocycles. The van der Waals surface area contributed by atoms with Crippen LogP contribution in [0, 0.1) is 0 Å². The summed E-state index contributed by atoms with van der Waals surface area (Å²) < 4.78 is 0. The Morgan fingerprint density at radius 2 is 1.73 bits per heavy atom. The largest absolute Gasteiger partial charge is 0.374 e. The molecule has 88 valence electrons. The highest BCUT2D eigenvalue weighted by Crippen LogP contribution is 2.11. The van der Waals surface area contributed by atoms with Crippen LogP contribution < -0.4 is 0 Å². The van der Waals surface area contributed by atoms with Crippen molar-refractivity contribution in [2.24, 2.45) is 0 Å². The lowest BCUT2D eigenvalue weighted by molar-refractivity contribution is 0.415. The molecule has 0 aromatic rings. The van der Waals surface area contributed by atoms with E-state index in [9.17, 15) is 0 Å². The van der Waals surface area contributed by atoms with Crippen LogP contribution in [0.3, 0.4) is 0 Å². The standard InChI is InChI=1S/C12H21N.C2H6/c1-6-9-10-13(5)12(8-3)11(4)7-2;1-2/h7-8H,2-3,6,9-10H2,1,4-5H3;1-2H3/b12-11+;. The second kappa shape index (κ2) is 11.1. The third-order valence-electron chi connectivity index (χ3n) is 2.16. The van der Waals surface area contributed by atoms with Crippen LogP contribution in [0.25, 0.3) is 0 Å². The van der Waals surface area contributed by atoms with Crippen molar-refractivity contribution in [3.8, 4) is 0 Å². The van der Waals surface area contributed by atoms with E-state index in [0.29, 0.717) is 0 Å². The van der Waals surface area contributed by atoms with Crippen LogP contribution in [0.5, 0.6) is 0 Å². The van der Waals surface area contributed by atoms with E-state index in [0.717, 1.165) is 6.54 Å². The van der Waals surface area contributed by atoms with Crippen molar-refractivity contribution in [3.63, 3.8) is 0 Å². The minimum atomic E-state index is 1.09. The first-order valence-corrected chi connectivity index (χ1v) is 5.84. The zero-order valence-electron chi connectivity index (χ0n) is 11.1. The molecule has 0 aliphatic carbocycles. The SMILES string of the molecule is C=C/C(C)=C(\C=C)N(C)CCCC.CC. The molecule has 0 unspecified atom stereocenters. The molecule has 0 bridgehead atoms. The molecule has 1 nitrogen and oxygen atoms in total. The maximum atomic E-state index is 3.81. The van der Waals surface area contributed by atoms with E-state index in [4.69, 9.17) is 0 Å². The Kier molecular flexibility index (Phi) is 12.2. The van der Waals surface area contributed by atoms with Crippen LogP contribution in [0.2, 0.25) is 0 Å². The minimum Gasteiger partial charge on any atom is -0.374 e. The van der Waals surface area contributed by atoms with Crippen molar-refractivity contribution in [1.29, 1.82) is 0 Å². The fraction of sp³-hybridized carbons (Fsp3) is 0.571. The second-order valence-corrected chi connectivity index (χ2v) is 3.25. The molecule has 0 fully saturated rings. The Hall–Kier alpha value is -0.980. The lowest BCUT2D eigenvalue weighted by Crippen LogP contribution is -2.18. The summed E-state index contributed by atoms with van der Waals surface area (Å²) in [6.07, 6.45) is 6.21. The van der Waals surface area contributed by atoms with Gasteiger partial charge in [0.05, 0.1) is 0 Å². The smallest absolute Gasteiger partial charge is 0.0387 e. The van der Waals surface area contributed by atoms with Gasteiger partial charge in [-0.05, 0) is 25.0 Å². The first kappa shape index (κ1) is 16.4. The van der Waals surface area contributed by atoms with Gasteiger partial charge < -0.3 is 4.90 Å². The van der Waals surface area contributed by atoms with Crippen LogP contribution in [0.4, 0.5) is 0 Å². The Morgan fingerprint density at radius 3 is 2.07 bits per heavy atom. The van der Waals surface area contributed by atoms with Crippen molar-refractivity contribution in [2.75, 3.05) is 13.6 Å². The first-order chi connectivity index (χ1) is 7.17. The van der Waals surface area contributed by atoms with E-state index in [1.54, 1.807) is 0 Å². The van der Waals surface area contributed by atoms with Gasteiger partial charge in [0.2, 0.25) is 0 Å². The fourth-order valence-corrected chi connectivity index (χ4v) is 1.24. The summed E-state index contributed by atoms with van der Waals surface area (Å²) in [7, 11) is 2.10. The van der Waals surface area contributed by atoms with Gasteiger partial charge in [0, 0.05) is 19.3 Å². The topological polar surface area (TPSA) is 3.24 Å². The number of hydrogen-bond donors (Lipinski definition) is 0. The summed E-state index contributed by atoms with van der Waals surface area (Å²) in [4.78, 5) is 2.23. The zero-order valence-corrected chi connectivity index (χ0v) is 11.1. The van der Waals surface area contributed by atoms with E-state index >= 15 is 0 Å².